The second kappa shape index (κ2) is 6.96. The number of ether oxygens (including phenoxy) is 1. The molecule has 1 aliphatic heterocycles. The lowest BCUT2D eigenvalue weighted by Gasteiger charge is -2.35. The highest BCUT2D eigenvalue weighted by atomic mass is 16.5. The third kappa shape index (κ3) is 3.50. The molecule has 7 nitrogen and oxygen atoms in total. The lowest BCUT2D eigenvalue weighted by atomic mass is 10.2. The van der Waals surface area contributed by atoms with Crippen molar-refractivity contribution in [2.75, 3.05) is 31.6 Å². The number of nitrogens with zero attached hydrogens (tertiary/aromatic N) is 4. The smallest absolute Gasteiger partial charge is 0.247 e. The summed E-state index contributed by atoms with van der Waals surface area (Å²) in [6, 6.07) is 6.92. The van der Waals surface area contributed by atoms with Crippen LogP contribution in [-0.2, 0) is 9.59 Å². The van der Waals surface area contributed by atoms with Crippen molar-refractivity contribution in [3.05, 3.63) is 42.2 Å². The zero-order chi connectivity index (χ0) is 18.0. The summed E-state index contributed by atoms with van der Waals surface area (Å²) in [6.07, 6.45) is 3.55. The van der Waals surface area contributed by atoms with E-state index in [1.54, 1.807) is 34.7 Å². The third-order valence-electron chi connectivity index (χ3n) is 4.40. The molecule has 0 spiro atoms. The number of aryl methyl sites for hydroxylation is 1. The fourth-order valence-electron chi connectivity index (χ4n) is 2.92. The van der Waals surface area contributed by atoms with Gasteiger partial charge in [-0.25, -0.2) is 0 Å². The number of anilines is 1. The summed E-state index contributed by atoms with van der Waals surface area (Å²) < 4.78 is 6.77. The molecular weight excluding hydrogens is 320 g/mol. The van der Waals surface area contributed by atoms with E-state index in [9.17, 15) is 9.59 Å². The van der Waals surface area contributed by atoms with E-state index in [2.05, 4.69) is 5.10 Å². The molecule has 1 saturated heterocycles. The predicted molar refractivity (Wildman–Crippen MR) is 93.6 cm³/mol. The molecule has 0 radical (unpaired) electrons. The zero-order valence-electron chi connectivity index (χ0n) is 14.7. The van der Waals surface area contributed by atoms with Crippen LogP contribution in [0, 0.1) is 6.92 Å². The Balaban J connectivity index is 1.66. The maximum Gasteiger partial charge on any atom is 0.247 e. The second-order valence-corrected chi connectivity index (χ2v) is 6.18. The van der Waals surface area contributed by atoms with Crippen LogP contribution >= 0.6 is 0 Å². The highest BCUT2D eigenvalue weighted by molar-refractivity contribution is 5.98. The maximum absolute atomic E-state index is 12.7. The van der Waals surface area contributed by atoms with Crippen molar-refractivity contribution in [2.24, 2.45) is 0 Å². The van der Waals surface area contributed by atoms with E-state index in [-0.39, 0.29) is 18.4 Å². The van der Waals surface area contributed by atoms with Crippen LogP contribution in [0.3, 0.4) is 0 Å². The average molecular weight is 342 g/mol. The number of hydrogen-bond donors (Lipinski definition) is 0. The lowest BCUT2D eigenvalue weighted by molar-refractivity contribution is -0.139. The molecular formula is C18H22N4O3. The van der Waals surface area contributed by atoms with Gasteiger partial charge in [0.1, 0.15) is 18.3 Å². The summed E-state index contributed by atoms with van der Waals surface area (Å²) in [5.74, 6) is 0.563. The summed E-state index contributed by atoms with van der Waals surface area (Å²) >= 11 is 0. The first-order valence-corrected chi connectivity index (χ1v) is 8.23. The maximum atomic E-state index is 12.7. The van der Waals surface area contributed by atoms with Gasteiger partial charge in [-0.2, -0.15) is 5.10 Å². The second-order valence-electron chi connectivity index (χ2n) is 6.18. The van der Waals surface area contributed by atoms with Gasteiger partial charge < -0.3 is 14.5 Å². The van der Waals surface area contributed by atoms with E-state index in [1.165, 1.54) is 0 Å². The molecule has 2 heterocycles. The number of carbonyl (C=O) groups excluding carboxylic acids is 2. The fraction of sp³-hybridized carbons (Fsp3) is 0.389. The molecule has 25 heavy (non-hydrogen) atoms. The number of benzene rings is 1. The van der Waals surface area contributed by atoms with Gasteiger partial charge in [-0.05, 0) is 43.7 Å². The molecule has 2 amide bonds. The molecule has 0 bridgehead atoms. The van der Waals surface area contributed by atoms with E-state index < -0.39 is 6.04 Å². The topological polar surface area (TPSA) is 67.7 Å². The first-order valence-electron chi connectivity index (χ1n) is 8.23. The van der Waals surface area contributed by atoms with E-state index in [4.69, 9.17) is 4.74 Å². The van der Waals surface area contributed by atoms with Crippen molar-refractivity contribution in [1.82, 2.24) is 14.7 Å². The average Bonchev–Trinajstić information content (AvgIpc) is 3.07. The summed E-state index contributed by atoms with van der Waals surface area (Å²) in [5.41, 5.74) is 1.81. The van der Waals surface area contributed by atoms with E-state index in [0.29, 0.717) is 13.1 Å². The number of aromatic nitrogens is 2. The van der Waals surface area contributed by atoms with Gasteiger partial charge in [0.2, 0.25) is 11.8 Å². The highest BCUT2D eigenvalue weighted by Crippen LogP contribution is 2.22. The Morgan fingerprint density at radius 3 is 2.52 bits per heavy atom. The largest absolute Gasteiger partial charge is 0.497 e. The highest BCUT2D eigenvalue weighted by Gasteiger charge is 2.31. The lowest BCUT2D eigenvalue weighted by Crippen LogP contribution is -2.53. The molecule has 1 aliphatic rings. The minimum absolute atomic E-state index is 0.0788. The van der Waals surface area contributed by atoms with E-state index in [0.717, 1.165) is 17.0 Å². The Morgan fingerprint density at radius 2 is 1.96 bits per heavy atom. The van der Waals surface area contributed by atoms with Gasteiger partial charge in [-0.3, -0.25) is 14.3 Å². The van der Waals surface area contributed by atoms with Gasteiger partial charge >= 0.3 is 0 Å². The molecule has 1 aromatic carbocycles. The summed E-state index contributed by atoms with van der Waals surface area (Å²) in [4.78, 5) is 28.5. The van der Waals surface area contributed by atoms with Crippen LogP contribution in [0.5, 0.6) is 5.75 Å². The molecule has 1 aromatic heterocycles. The molecule has 3 rings (SSSR count). The standard InChI is InChI=1S/C18H22N4O3/c1-13-10-19-22(11-13)14(2)18(24)20-8-9-21(17(23)12-20)15-4-6-16(25-3)7-5-15/h4-7,10-11,14H,8-9,12H2,1-3H3. The Morgan fingerprint density at radius 1 is 1.24 bits per heavy atom. The van der Waals surface area contributed by atoms with Crippen molar-refractivity contribution < 1.29 is 14.3 Å². The molecule has 0 aliphatic carbocycles. The van der Waals surface area contributed by atoms with E-state index >= 15 is 0 Å². The molecule has 1 unspecified atom stereocenters. The van der Waals surface area contributed by atoms with Crippen LogP contribution < -0.4 is 9.64 Å². The van der Waals surface area contributed by atoms with Crippen molar-refractivity contribution in [3.63, 3.8) is 0 Å². The van der Waals surface area contributed by atoms with Crippen molar-refractivity contribution in [3.8, 4) is 5.75 Å². The van der Waals surface area contributed by atoms with Crippen molar-refractivity contribution >= 4 is 17.5 Å². The van der Waals surface area contributed by atoms with Gasteiger partial charge in [0, 0.05) is 25.0 Å². The van der Waals surface area contributed by atoms with Crippen molar-refractivity contribution in [2.45, 2.75) is 19.9 Å². The third-order valence-corrected chi connectivity index (χ3v) is 4.40. The number of amides is 2. The number of rotatable bonds is 4. The molecule has 1 atom stereocenters. The number of carbonyl (C=O) groups is 2. The predicted octanol–water partition coefficient (Wildman–Crippen LogP) is 1.64. The number of piperazine rings is 1. The number of methoxy groups -OCH3 is 1. The Labute approximate surface area is 146 Å². The van der Waals surface area contributed by atoms with Gasteiger partial charge in [-0.1, -0.05) is 0 Å². The SMILES string of the molecule is COc1ccc(N2CCN(C(=O)C(C)n3cc(C)cn3)CC2=O)cc1. The quantitative estimate of drug-likeness (QED) is 0.847. The molecule has 0 saturated carbocycles. The molecule has 132 valence electrons. The first kappa shape index (κ1) is 17.0. The van der Waals surface area contributed by atoms with Crippen LogP contribution in [0.1, 0.15) is 18.5 Å². The molecule has 2 aromatic rings. The fourth-order valence-corrected chi connectivity index (χ4v) is 2.92. The Hall–Kier alpha value is -2.83. The molecule has 0 N–H and O–H groups in total. The monoisotopic (exact) mass is 342 g/mol. The van der Waals surface area contributed by atoms with Crippen molar-refractivity contribution in [1.29, 1.82) is 0 Å². The molecule has 1 fully saturated rings. The zero-order valence-corrected chi connectivity index (χ0v) is 14.7. The Bertz CT molecular complexity index is 769. The van der Waals surface area contributed by atoms with Gasteiger partial charge in [0.15, 0.2) is 0 Å². The summed E-state index contributed by atoms with van der Waals surface area (Å²) in [5, 5.41) is 4.19. The van der Waals surface area contributed by atoms with Crippen LogP contribution in [0.25, 0.3) is 0 Å². The van der Waals surface area contributed by atoms with Gasteiger partial charge in [0.05, 0.1) is 13.3 Å². The number of hydrogen-bond acceptors (Lipinski definition) is 4. The first-order chi connectivity index (χ1) is 12.0. The summed E-state index contributed by atoms with van der Waals surface area (Å²) in [6.45, 7) is 4.78. The van der Waals surface area contributed by atoms with Crippen LogP contribution in [-0.4, -0.2) is 53.2 Å². The summed E-state index contributed by atoms with van der Waals surface area (Å²) in [7, 11) is 1.60. The van der Waals surface area contributed by atoms with Crippen LogP contribution in [0.2, 0.25) is 0 Å². The van der Waals surface area contributed by atoms with Gasteiger partial charge in [0.25, 0.3) is 0 Å². The van der Waals surface area contributed by atoms with Gasteiger partial charge in [-0.15, -0.1) is 0 Å². The minimum Gasteiger partial charge on any atom is -0.497 e. The van der Waals surface area contributed by atoms with E-state index in [1.807, 2.05) is 37.4 Å². The van der Waals surface area contributed by atoms with Crippen LogP contribution in [0.15, 0.2) is 36.7 Å². The normalized spacial score (nSPS) is 16.0. The Kier molecular flexibility index (Phi) is 4.74. The van der Waals surface area contributed by atoms with Crippen LogP contribution in [0.4, 0.5) is 5.69 Å². The minimum atomic E-state index is -0.422. The molecule has 7 heteroatoms.